The van der Waals surface area contributed by atoms with Crippen molar-refractivity contribution in [1.29, 1.82) is 0 Å². The molecule has 0 atom stereocenters. The predicted molar refractivity (Wildman–Crippen MR) is 96.8 cm³/mol. The van der Waals surface area contributed by atoms with Crippen LogP contribution in [0.3, 0.4) is 0 Å². The number of para-hydroxylation sites is 1. The molecule has 26 heavy (non-hydrogen) atoms. The molecule has 0 bridgehead atoms. The summed E-state index contributed by atoms with van der Waals surface area (Å²) in [4.78, 5) is 25.1. The zero-order valence-corrected chi connectivity index (χ0v) is 15.3. The van der Waals surface area contributed by atoms with E-state index in [-0.39, 0.29) is 22.2 Å². The molecule has 2 aromatic carbocycles. The van der Waals surface area contributed by atoms with Crippen molar-refractivity contribution in [2.75, 3.05) is 26.5 Å². The summed E-state index contributed by atoms with van der Waals surface area (Å²) >= 11 is 0. The summed E-state index contributed by atoms with van der Waals surface area (Å²) in [6.07, 6.45) is 0. The van der Waals surface area contributed by atoms with Gasteiger partial charge in [0, 0.05) is 19.8 Å². The topological polar surface area (TPSA) is 105 Å². The Balaban J connectivity index is 2.17. The summed E-state index contributed by atoms with van der Waals surface area (Å²) in [5.74, 6) is -0.533. The zero-order chi connectivity index (χ0) is 19.3. The Bertz CT molecular complexity index is 908. The molecule has 0 aliphatic heterocycles. The van der Waals surface area contributed by atoms with Crippen molar-refractivity contribution >= 4 is 27.6 Å². The molecule has 2 rings (SSSR count). The van der Waals surface area contributed by atoms with Gasteiger partial charge in [0.1, 0.15) is 5.75 Å². The van der Waals surface area contributed by atoms with Crippen LogP contribution in [0, 0.1) is 0 Å². The van der Waals surface area contributed by atoms with Gasteiger partial charge in [-0.15, -0.1) is 0 Å². The molecule has 0 spiro atoms. The maximum absolute atomic E-state index is 12.4. The number of anilines is 1. The third-order valence-corrected chi connectivity index (χ3v) is 4.75. The van der Waals surface area contributed by atoms with E-state index < -0.39 is 15.9 Å². The number of hydrogen-bond acceptors (Lipinski definition) is 5. The van der Waals surface area contributed by atoms with E-state index in [9.17, 15) is 18.0 Å². The number of amides is 3. The summed E-state index contributed by atoms with van der Waals surface area (Å²) in [7, 11) is 0.488. The van der Waals surface area contributed by atoms with Crippen LogP contribution in [0.25, 0.3) is 0 Å². The molecule has 9 heteroatoms. The van der Waals surface area contributed by atoms with Crippen molar-refractivity contribution in [3.63, 3.8) is 0 Å². The van der Waals surface area contributed by atoms with E-state index in [0.717, 1.165) is 0 Å². The molecule has 2 aromatic rings. The van der Waals surface area contributed by atoms with Gasteiger partial charge in [0.2, 0.25) is 0 Å². The fraction of sp³-hybridized carbons (Fsp3) is 0.176. The minimum absolute atomic E-state index is 0.105. The first-order valence-corrected chi connectivity index (χ1v) is 9.01. The number of carbonyl (C=O) groups excluding carboxylic acids is 2. The fourth-order valence-corrected chi connectivity index (χ4v) is 2.99. The number of nitrogens with one attached hydrogen (secondary N) is 2. The van der Waals surface area contributed by atoms with Crippen LogP contribution in [0.4, 0.5) is 10.5 Å². The van der Waals surface area contributed by atoms with Gasteiger partial charge in [-0.25, -0.2) is 17.9 Å². The second-order valence-electron chi connectivity index (χ2n) is 5.48. The lowest BCUT2D eigenvalue weighted by Crippen LogP contribution is -2.31. The van der Waals surface area contributed by atoms with Crippen molar-refractivity contribution in [1.82, 2.24) is 9.62 Å². The molecule has 0 unspecified atom stereocenters. The lowest BCUT2D eigenvalue weighted by Gasteiger charge is -2.13. The molecule has 3 amide bonds. The maximum Gasteiger partial charge on any atom is 0.321 e. The van der Waals surface area contributed by atoms with Gasteiger partial charge in [0.25, 0.3) is 15.9 Å². The van der Waals surface area contributed by atoms with E-state index in [1.165, 1.54) is 42.3 Å². The molecule has 0 saturated heterocycles. The largest absolute Gasteiger partial charge is 0.496 e. The highest BCUT2D eigenvalue weighted by Crippen LogP contribution is 2.19. The van der Waals surface area contributed by atoms with Gasteiger partial charge in [0.05, 0.1) is 17.6 Å². The Morgan fingerprint density at radius 1 is 1.00 bits per heavy atom. The lowest BCUT2D eigenvalue weighted by molar-refractivity contribution is 0.0978. The highest BCUT2D eigenvalue weighted by atomic mass is 32.2. The molecule has 0 heterocycles. The van der Waals surface area contributed by atoms with E-state index in [0.29, 0.717) is 5.69 Å². The third kappa shape index (κ3) is 4.51. The standard InChI is InChI=1S/C17H19N3O5S/c1-20(2)17(22)18-12-8-10-13(11-9-12)26(23,24)19-16(21)14-6-4-5-7-15(14)25-3/h4-11H,1-3H3,(H,18,22)(H,19,21). The van der Waals surface area contributed by atoms with Gasteiger partial charge < -0.3 is 15.0 Å². The number of methoxy groups -OCH3 is 1. The number of carbonyl (C=O) groups is 2. The van der Waals surface area contributed by atoms with Crippen LogP contribution in [0.15, 0.2) is 53.4 Å². The molecule has 8 nitrogen and oxygen atoms in total. The summed E-state index contributed by atoms with van der Waals surface area (Å²) in [5.41, 5.74) is 0.534. The molecule has 0 aliphatic carbocycles. The Hall–Kier alpha value is -3.07. The smallest absolute Gasteiger partial charge is 0.321 e. The van der Waals surface area contributed by atoms with E-state index in [2.05, 4.69) is 5.32 Å². The average Bonchev–Trinajstić information content (AvgIpc) is 2.61. The van der Waals surface area contributed by atoms with Crippen LogP contribution in [0.1, 0.15) is 10.4 Å². The van der Waals surface area contributed by atoms with Gasteiger partial charge in [0.15, 0.2) is 0 Å². The lowest BCUT2D eigenvalue weighted by atomic mass is 10.2. The normalized spacial score (nSPS) is 10.7. The van der Waals surface area contributed by atoms with Crippen LogP contribution < -0.4 is 14.8 Å². The minimum Gasteiger partial charge on any atom is -0.496 e. The number of nitrogens with zero attached hydrogens (tertiary/aromatic N) is 1. The van der Waals surface area contributed by atoms with Crippen molar-refractivity contribution < 1.29 is 22.7 Å². The number of hydrogen-bond donors (Lipinski definition) is 2. The van der Waals surface area contributed by atoms with Gasteiger partial charge >= 0.3 is 6.03 Å². The number of sulfonamides is 1. The third-order valence-electron chi connectivity index (χ3n) is 3.40. The van der Waals surface area contributed by atoms with E-state index in [1.54, 1.807) is 32.3 Å². The van der Waals surface area contributed by atoms with Crippen LogP contribution in [-0.4, -0.2) is 46.5 Å². The van der Waals surface area contributed by atoms with Crippen molar-refractivity contribution in [3.8, 4) is 5.75 Å². The van der Waals surface area contributed by atoms with Gasteiger partial charge in [-0.3, -0.25) is 4.79 Å². The van der Waals surface area contributed by atoms with Crippen molar-refractivity contribution in [2.24, 2.45) is 0 Å². The first-order chi connectivity index (χ1) is 12.2. The van der Waals surface area contributed by atoms with E-state index >= 15 is 0 Å². The number of rotatable bonds is 5. The zero-order valence-electron chi connectivity index (χ0n) is 14.5. The fourth-order valence-electron chi connectivity index (χ4n) is 2.02. The second-order valence-corrected chi connectivity index (χ2v) is 7.17. The summed E-state index contributed by atoms with van der Waals surface area (Å²) in [5, 5.41) is 2.59. The highest BCUT2D eigenvalue weighted by molar-refractivity contribution is 7.90. The molecular weight excluding hydrogens is 358 g/mol. The predicted octanol–water partition coefficient (Wildman–Crippen LogP) is 1.91. The molecule has 0 saturated carbocycles. The van der Waals surface area contributed by atoms with Crippen molar-refractivity contribution in [2.45, 2.75) is 4.90 Å². The van der Waals surface area contributed by atoms with Crippen molar-refractivity contribution in [3.05, 3.63) is 54.1 Å². The Labute approximate surface area is 151 Å². The van der Waals surface area contributed by atoms with Gasteiger partial charge in [-0.1, -0.05) is 12.1 Å². The monoisotopic (exact) mass is 377 g/mol. The summed E-state index contributed by atoms with van der Waals surface area (Å²) < 4.78 is 31.8. The van der Waals surface area contributed by atoms with Gasteiger partial charge in [-0.2, -0.15) is 0 Å². The molecular formula is C17H19N3O5S. The van der Waals surface area contributed by atoms with Crippen LogP contribution in [-0.2, 0) is 10.0 Å². The quantitative estimate of drug-likeness (QED) is 0.828. The highest BCUT2D eigenvalue weighted by Gasteiger charge is 2.21. The number of benzene rings is 2. The van der Waals surface area contributed by atoms with E-state index in [4.69, 9.17) is 4.74 Å². The van der Waals surface area contributed by atoms with Crippen LogP contribution >= 0.6 is 0 Å². The minimum atomic E-state index is -4.07. The molecule has 0 aliphatic rings. The van der Waals surface area contributed by atoms with Crippen LogP contribution in [0.2, 0.25) is 0 Å². The molecule has 138 valence electrons. The molecule has 0 aromatic heterocycles. The Morgan fingerprint density at radius 2 is 1.62 bits per heavy atom. The molecule has 0 fully saturated rings. The average molecular weight is 377 g/mol. The summed E-state index contributed by atoms with van der Waals surface area (Å²) in [6.45, 7) is 0. The number of ether oxygens (including phenoxy) is 1. The SMILES string of the molecule is COc1ccccc1C(=O)NS(=O)(=O)c1ccc(NC(=O)N(C)C)cc1. The second kappa shape index (κ2) is 7.87. The van der Waals surface area contributed by atoms with Gasteiger partial charge in [-0.05, 0) is 36.4 Å². The molecule has 2 N–H and O–H groups in total. The first kappa shape index (κ1) is 19.3. The number of urea groups is 1. The first-order valence-electron chi connectivity index (χ1n) is 7.53. The Kier molecular flexibility index (Phi) is 5.83. The van der Waals surface area contributed by atoms with E-state index in [1.807, 2.05) is 4.72 Å². The summed E-state index contributed by atoms with van der Waals surface area (Å²) in [6, 6.07) is 11.4. The maximum atomic E-state index is 12.4. The van der Waals surface area contributed by atoms with Crippen LogP contribution in [0.5, 0.6) is 5.75 Å². The Morgan fingerprint density at radius 3 is 2.19 bits per heavy atom. The molecule has 0 radical (unpaired) electrons.